The summed E-state index contributed by atoms with van der Waals surface area (Å²) < 4.78 is 27.4. The Bertz CT molecular complexity index is 278. The van der Waals surface area contributed by atoms with Crippen LogP contribution >= 0.6 is 0 Å². The van der Waals surface area contributed by atoms with Crippen molar-refractivity contribution in [2.75, 3.05) is 38.3 Å². The maximum atomic E-state index is 10.9. The van der Waals surface area contributed by atoms with E-state index in [1.807, 2.05) is 0 Å². The third-order valence-electron chi connectivity index (χ3n) is 2.97. The van der Waals surface area contributed by atoms with Gasteiger partial charge in [-0.25, -0.2) is 8.42 Å². The lowest BCUT2D eigenvalue weighted by Crippen LogP contribution is -2.26. The summed E-state index contributed by atoms with van der Waals surface area (Å²) in [5.41, 5.74) is 0. The predicted molar refractivity (Wildman–Crippen MR) is 76.7 cm³/mol. The maximum Gasteiger partial charge on any atom is 0.148 e. The van der Waals surface area contributed by atoms with Gasteiger partial charge in [0.15, 0.2) is 0 Å². The lowest BCUT2D eigenvalue weighted by Gasteiger charge is -2.14. The van der Waals surface area contributed by atoms with Crippen LogP contribution in [0, 0.1) is 5.92 Å². The molecule has 1 unspecified atom stereocenters. The molecule has 5 heteroatoms. The van der Waals surface area contributed by atoms with Gasteiger partial charge in [0.25, 0.3) is 0 Å². The Morgan fingerprint density at radius 2 is 1.94 bits per heavy atom. The highest BCUT2D eigenvalue weighted by Crippen LogP contribution is 2.12. The zero-order chi connectivity index (χ0) is 13.9. The van der Waals surface area contributed by atoms with Gasteiger partial charge in [-0.3, -0.25) is 0 Å². The largest absolute Gasteiger partial charge is 0.380 e. The summed E-state index contributed by atoms with van der Waals surface area (Å²) in [7, 11) is -2.85. The molecule has 0 radical (unpaired) electrons. The van der Waals surface area contributed by atoms with Gasteiger partial charge in [0.1, 0.15) is 9.84 Å². The highest BCUT2D eigenvalue weighted by molar-refractivity contribution is 7.90. The van der Waals surface area contributed by atoms with Crippen LogP contribution < -0.4 is 5.32 Å². The van der Waals surface area contributed by atoms with Crippen LogP contribution in [-0.2, 0) is 14.6 Å². The molecule has 0 heterocycles. The molecule has 0 aliphatic carbocycles. The van der Waals surface area contributed by atoms with Crippen LogP contribution in [0.5, 0.6) is 0 Å². The Morgan fingerprint density at radius 1 is 1.22 bits per heavy atom. The third kappa shape index (κ3) is 12.3. The van der Waals surface area contributed by atoms with Crippen LogP contribution in [0.1, 0.15) is 39.5 Å². The fourth-order valence-electron chi connectivity index (χ4n) is 1.68. The number of hydrogen-bond donors (Lipinski definition) is 1. The van der Waals surface area contributed by atoms with E-state index in [0.29, 0.717) is 19.1 Å². The van der Waals surface area contributed by atoms with Gasteiger partial charge < -0.3 is 10.1 Å². The molecule has 0 aromatic carbocycles. The number of hydrogen-bond acceptors (Lipinski definition) is 4. The smallest absolute Gasteiger partial charge is 0.148 e. The van der Waals surface area contributed by atoms with Crippen LogP contribution in [-0.4, -0.2) is 46.7 Å². The van der Waals surface area contributed by atoms with Crippen molar-refractivity contribution in [1.82, 2.24) is 5.32 Å². The van der Waals surface area contributed by atoms with Crippen molar-refractivity contribution in [3.63, 3.8) is 0 Å². The molecule has 0 rings (SSSR count). The van der Waals surface area contributed by atoms with Gasteiger partial charge in [-0.05, 0) is 12.3 Å². The molecule has 0 aliphatic heterocycles. The van der Waals surface area contributed by atoms with Gasteiger partial charge in [-0.2, -0.15) is 0 Å². The topological polar surface area (TPSA) is 55.4 Å². The summed E-state index contributed by atoms with van der Waals surface area (Å²) in [6.07, 6.45) is 6.18. The normalized spacial score (nSPS) is 13.7. The van der Waals surface area contributed by atoms with E-state index in [4.69, 9.17) is 4.74 Å². The second kappa shape index (κ2) is 10.8. The summed E-state index contributed by atoms with van der Waals surface area (Å²) in [5.74, 6) is 0.863. The Hall–Kier alpha value is -0.130. The van der Waals surface area contributed by atoms with Gasteiger partial charge in [0, 0.05) is 26.0 Å². The zero-order valence-corrected chi connectivity index (χ0v) is 12.9. The van der Waals surface area contributed by atoms with Gasteiger partial charge in [0.05, 0.1) is 12.4 Å². The van der Waals surface area contributed by atoms with Crippen LogP contribution in [0.4, 0.5) is 0 Å². The molecule has 0 saturated carbocycles. The molecule has 0 aromatic heterocycles. The van der Waals surface area contributed by atoms with E-state index < -0.39 is 9.84 Å². The molecular formula is C13H29NO3S. The lowest BCUT2D eigenvalue weighted by molar-refractivity contribution is 0.0960. The highest BCUT2D eigenvalue weighted by Gasteiger charge is 2.05. The molecular weight excluding hydrogens is 250 g/mol. The SMILES string of the molecule is CCCCC(CC)COCCNCCS(C)(=O)=O. The number of rotatable bonds is 12. The first kappa shape index (κ1) is 17.9. The summed E-state index contributed by atoms with van der Waals surface area (Å²) in [5, 5.41) is 3.07. The Kier molecular flexibility index (Phi) is 10.7. The maximum absolute atomic E-state index is 10.9. The van der Waals surface area contributed by atoms with Crippen LogP contribution in [0.15, 0.2) is 0 Å². The minimum Gasteiger partial charge on any atom is -0.380 e. The van der Waals surface area contributed by atoms with Crippen molar-refractivity contribution in [3.05, 3.63) is 0 Å². The average Bonchev–Trinajstić information content (AvgIpc) is 2.30. The Morgan fingerprint density at radius 3 is 2.50 bits per heavy atom. The summed E-state index contributed by atoms with van der Waals surface area (Å²) in [4.78, 5) is 0. The summed E-state index contributed by atoms with van der Waals surface area (Å²) in [6, 6.07) is 0. The number of nitrogens with one attached hydrogen (secondary N) is 1. The van der Waals surface area contributed by atoms with E-state index in [0.717, 1.165) is 13.2 Å². The van der Waals surface area contributed by atoms with Gasteiger partial charge in [-0.1, -0.05) is 33.1 Å². The van der Waals surface area contributed by atoms with Crippen molar-refractivity contribution in [3.8, 4) is 0 Å². The molecule has 0 fully saturated rings. The van der Waals surface area contributed by atoms with Crippen molar-refractivity contribution in [1.29, 1.82) is 0 Å². The van der Waals surface area contributed by atoms with E-state index in [-0.39, 0.29) is 5.75 Å². The fourth-order valence-corrected chi connectivity index (χ4v) is 2.19. The molecule has 1 atom stereocenters. The summed E-state index contributed by atoms with van der Waals surface area (Å²) >= 11 is 0. The minimum absolute atomic E-state index is 0.196. The molecule has 0 aliphatic rings. The molecule has 4 nitrogen and oxygen atoms in total. The van der Waals surface area contributed by atoms with Crippen molar-refractivity contribution in [2.24, 2.45) is 5.92 Å². The first-order valence-corrected chi connectivity index (χ1v) is 9.01. The van der Waals surface area contributed by atoms with Gasteiger partial charge >= 0.3 is 0 Å². The van der Waals surface area contributed by atoms with Crippen molar-refractivity contribution in [2.45, 2.75) is 39.5 Å². The van der Waals surface area contributed by atoms with Gasteiger partial charge in [-0.15, -0.1) is 0 Å². The molecule has 18 heavy (non-hydrogen) atoms. The number of unbranched alkanes of at least 4 members (excludes halogenated alkanes) is 1. The minimum atomic E-state index is -2.85. The first-order valence-electron chi connectivity index (χ1n) is 6.95. The Labute approximate surface area is 112 Å². The van der Waals surface area contributed by atoms with E-state index in [9.17, 15) is 8.42 Å². The Balaban J connectivity index is 3.38. The molecule has 110 valence electrons. The average molecular weight is 279 g/mol. The zero-order valence-electron chi connectivity index (χ0n) is 12.1. The lowest BCUT2D eigenvalue weighted by atomic mass is 10.0. The van der Waals surface area contributed by atoms with Crippen LogP contribution in [0.3, 0.4) is 0 Å². The molecule has 0 amide bonds. The molecule has 0 saturated heterocycles. The van der Waals surface area contributed by atoms with E-state index in [1.54, 1.807) is 0 Å². The molecule has 0 aromatic rings. The quantitative estimate of drug-likeness (QED) is 0.554. The van der Waals surface area contributed by atoms with E-state index in [2.05, 4.69) is 19.2 Å². The van der Waals surface area contributed by atoms with Crippen LogP contribution in [0.25, 0.3) is 0 Å². The van der Waals surface area contributed by atoms with Crippen LogP contribution in [0.2, 0.25) is 0 Å². The van der Waals surface area contributed by atoms with E-state index >= 15 is 0 Å². The molecule has 1 N–H and O–H groups in total. The fraction of sp³-hybridized carbons (Fsp3) is 1.00. The summed E-state index contributed by atoms with van der Waals surface area (Å²) in [6.45, 7) is 7.12. The first-order chi connectivity index (χ1) is 8.49. The van der Waals surface area contributed by atoms with Gasteiger partial charge in [0.2, 0.25) is 0 Å². The highest BCUT2D eigenvalue weighted by atomic mass is 32.2. The van der Waals surface area contributed by atoms with E-state index in [1.165, 1.54) is 31.9 Å². The number of sulfone groups is 1. The second-order valence-corrected chi connectivity index (χ2v) is 7.13. The van der Waals surface area contributed by atoms with Crippen molar-refractivity contribution >= 4 is 9.84 Å². The standard InChI is InChI=1S/C13H29NO3S/c1-4-6-7-13(5-2)12-17-10-8-14-9-11-18(3,15)16/h13-14H,4-12H2,1-3H3. The monoisotopic (exact) mass is 279 g/mol. The molecule has 0 bridgehead atoms. The molecule has 0 spiro atoms. The second-order valence-electron chi connectivity index (χ2n) is 4.87. The number of ether oxygens (including phenoxy) is 1. The third-order valence-corrected chi connectivity index (χ3v) is 3.92. The predicted octanol–water partition coefficient (Wildman–Crippen LogP) is 1.85. The van der Waals surface area contributed by atoms with Crippen molar-refractivity contribution < 1.29 is 13.2 Å².